The van der Waals surface area contributed by atoms with Crippen LogP contribution in [0.25, 0.3) is 0 Å². The van der Waals surface area contributed by atoms with Gasteiger partial charge >= 0.3 is 0 Å². The highest BCUT2D eigenvalue weighted by atomic mass is 16.3. The maximum atomic E-state index is 9.75. The Labute approximate surface area is 111 Å². The maximum absolute atomic E-state index is 9.75. The Morgan fingerprint density at radius 3 is 2.50 bits per heavy atom. The molecule has 0 aliphatic heterocycles. The topological polar surface area (TPSA) is 35.5 Å². The van der Waals surface area contributed by atoms with E-state index in [0.717, 1.165) is 38.2 Å². The zero-order valence-corrected chi connectivity index (χ0v) is 11.8. The van der Waals surface area contributed by atoms with Crippen LogP contribution in [-0.4, -0.2) is 36.2 Å². The summed E-state index contributed by atoms with van der Waals surface area (Å²) in [5.41, 5.74) is 0.973. The summed E-state index contributed by atoms with van der Waals surface area (Å²) in [4.78, 5) is 2.42. The van der Waals surface area contributed by atoms with Gasteiger partial charge in [-0.1, -0.05) is 32.0 Å². The van der Waals surface area contributed by atoms with Gasteiger partial charge in [0.05, 0.1) is 0 Å². The van der Waals surface area contributed by atoms with Gasteiger partial charge in [-0.2, -0.15) is 0 Å². The van der Waals surface area contributed by atoms with Gasteiger partial charge in [0, 0.05) is 11.6 Å². The first-order chi connectivity index (χ1) is 8.69. The van der Waals surface area contributed by atoms with Crippen LogP contribution in [0.4, 0.5) is 0 Å². The van der Waals surface area contributed by atoms with Crippen LogP contribution in [0.3, 0.4) is 0 Å². The molecule has 1 rings (SSSR count). The number of hydrogen-bond acceptors (Lipinski definition) is 3. The Bertz CT molecular complexity index is 337. The molecule has 0 radical (unpaired) electrons. The Kier molecular flexibility index (Phi) is 6.76. The molecular weight excluding hydrogens is 224 g/mol. The van der Waals surface area contributed by atoms with Gasteiger partial charge in [0.2, 0.25) is 0 Å². The lowest BCUT2D eigenvalue weighted by Gasteiger charge is -2.19. The van der Waals surface area contributed by atoms with Crippen LogP contribution in [0.2, 0.25) is 0 Å². The molecule has 18 heavy (non-hydrogen) atoms. The third kappa shape index (κ3) is 4.67. The average molecular weight is 250 g/mol. The normalized spacial score (nSPS) is 12.9. The highest BCUT2D eigenvalue weighted by Crippen LogP contribution is 2.22. The van der Waals surface area contributed by atoms with Crippen molar-refractivity contribution in [3.05, 3.63) is 29.8 Å². The predicted octanol–water partition coefficient (Wildman–Crippen LogP) is 2.77. The molecule has 2 N–H and O–H groups in total. The third-order valence-electron chi connectivity index (χ3n) is 3.40. The fourth-order valence-electron chi connectivity index (χ4n) is 2.12. The average Bonchev–Trinajstić information content (AvgIpc) is 2.39. The zero-order chi connectivity index (χ0) is 13.4. The largest absolute Gasteiger partial charge is 0.508 e. The van der Waals surface area contributed by atoms with Gasteiger partial charge in [0.25, 0.3) is 0 Å². The molecule has 0 aromatic heterocycles. The first kappa shape index (κ1) is 15.0. The van der Waals surface area contributed by atoms with Gasteiger partial charge in [-0.3, -0.25) is 0 Å². The summed E-state index contributed by atoms with van der Waals surface area (Å²) in [6.45, 7) is 10.8. The molecule has 1 aromatic carbocycles. The van der Waals surface area contributed by atoms with Crippen LogP contribution >= 0.6 is 0 Å². The summed E-state index contributed by atoms with van der Waals surface area (Å²) >= 11 is 0. The van der Waals surface area contributed by atoms with E-state index in [1.54, 1.807) is 6.07 Å². The number of rotatable bonds is 8. The van der Waals surface area contributed by atoms with Gasteiger partial charge < -0.3 is 15.3 Å². The van der Waals surface area contributed by atoms with Crippen LogP contribution < -0.4 is 5.32 Å². The second-order valence-electron chi connectivity index (χ2n) is 4.62. The lowest BCUT2D eigenvalue weighted by molar-refractivity contribution is 0.296. The molecule has 0 saturated carbocycles. The third-order valence-corrected chi connectivity index (χ3v) is 3.40. The number of phenolic OH excluding ortho intramolecular Hbond substituents is 1. The Morgan fingerprint density at radius 1 is 1.22 bits per heavy atom. The highest BCUT2D eigenvalue weighted by molar-refractivity contribution is 5.33. The van der Waals surface area contributed by atoms with Gasteiger partial charge in [-0.15, -0.1) is 0 Å². The van der Waals surface area contributed by atoms with Crippen LogP contribution in [0.1, 0.15) is 38.8 Å². The van der Waals surface area contributed by atoms with Crippen molar-refractivity contribution in [1.29, 1.82) is 0 Å². The number of benzene rings is 1. The van der Waals surface area contributed by atoms with Crippen molar-refractivity contribution in [2.75, 3.05) is 26.2 Å². The molecule has 0 saturated heterocycles. The number of aromatic hydroxyl groups is 1. The zero-order valence-electron chi connectivity index (χ0n) is 11.8. The molecule has 0 heterocycles. The number of nitrogens with one attached hydrogen (secondary N) is 1. The molecule has 1 aromatic rings. The first-order valence-corrected chi connectivity index (χ1v) is 6.92. The summed E-state index contributed by atoms with van der Waals surface area (Å²) in [6.07, 6.45) is 1.14. The summed E-state index contributed by atoms with van der Waals surface area (Å²) < 4.78 is 0. The van der Waals surface area contributed by atoms with E-state index in [0.29, 0.717) is 5.75 Å². The van der Waals surface area contributed by atoms with E-state index in [1.807, 2.05) is 18.2 Å². The van der Waals surface area contributed by atoms with Gasteiger partial charge in [-0.25, -0.2) is 0 Å². The van der Waals surface area contributed by atoms with E-state index < -0.39 is 0 Å². The van der Waals surface area contributed by atoms with Crippen molar-refractivity contribution in [1.82, 2.24) is 10.2 Å². The van der Waals surface area contributed by atoms with Crippen molar-refractivity contribution in [3.8, 4) is 5.75 Å². The summed E-state index contributed by atoms with van der Waals surface area (Å²) in [7, 11) is 0. The molecule has 0 aliphatic carbocycles. The lowest BCUT2D eigenvalue weighted by atomic mass is 10.1. The van der Waals surface area contributed by atoms with Crippen LogP contribution in [-0.2, 0) is 0 Å². The van der Waals surface area contributed by atoms with Crippen LogP contribution in [0.15, 0.2) is 24.3 Å². The summed E-state index contributed by atoms with van der Waals surface area (Å²) in [5, 5.41) is 13.2. The fraction of sp³-hybridized carbons (Fsp3) is 0.600. The molecule has 1 unspecified atom stereocenters. The first-order valence-electron chi connectivity index (χ1n) is 6.92. The van der Waals surface area contributed by atoms with E-state index in [9.17, 15) is 5.11 Å². The van der Waals surface area contributed by atoms with Crippen molar-refractivity contribution >= 4 is 0 Å². The Morgan fingerprint density at radius 2 is 1.89 bits per heavy atom. The minimum atomic E-state index is 0.197. The quantitative estimate of drug-likeness (QED) is 0.696. The molecule has 0 spiro atoms. The van der Waals surface area contributed by atoms with E-state index in [2.05, 4.69) is 31.0 Å². The summed E-state index contributed by atoms with van der Waals surface area (Å²) in [6, 6.07) is 7.72. The molecule has 3 nitrogen and oxygen atoms in total. The van der Waals surface area contributed by atoms with E-state index in [1.165, 1.54) is 0 Å². The molecule has 0 fully saturated rings. The van der Waals surface area contributed by atoms with Gasteiger partial charge in [0.15, 0.2) is 0 Å². The van der Waals surface area contributed by atoms with Gasteiger partial charge in [-0.05, 0) is 45.6 Å². The van der Waals surface area contributed by atoms with Crippen molar-refractivity contribution in [2.45, 2.75) is 33.2 Å². The monoisotopic (exact) mass is 250 g/mol. The molecule has 1 atom stereocenters. The number of phenols is 1. The molecule has 0 bridgehead atoms. The molecule has 3 heteroatoms. The van der Waals surface area contributed by atoms with Crippen molar-refractivity contribution < 1.29 is 5.11 Å². The Balaban J connectivity index is 2.29. The highest BCUT2D eigenvalue weighted by Gasteiger charge is 2.08. The molecular formula is C15H26N2O. The van der Waals surface area contributed by atoms with Crippen LogP contribution in [0, 0.1) is 0 Å². The second-order valence-corrected chi connectivity index (χ2v) is 4.62. The number of hydrogen-bond donors (Lipinski definition) is 2. The van der Waals surface area contributed by atoms with E-state index >= 15 is 0 Å². The SMILES string of the molecule is CCN(CC)CCCNC(C)c1ccccc1O. The lowest BCUT2D eigenvalue weighted by Crippen LogP contribution is -2.28. The standard InChI is InChI=1S/C15H26N2O/c1-4-17(5-2)12-8-11-16-13(3)14-9-6-7-10-15(14)18/h6-7,9-10,13,16,18H,4-5,8,11-12H2,1-3H3. The van der Waals surface area contributed by atoms with Crippen molar-refractivity contribution in [2.24, 2.45) is 0 Å². The Hall–Kier alpha value is -1.06. The molecule has 0 amide bonds. The smallest absolute Gasteiger partial charge is 0.120 e. The van der Waals surface area contributed by atoms with Gasteiger partial charge in [0.1, 0.15) is 5.75 Å². The molecule has 102 valence electrons. The van der Waals surface area contributed by atoms with Crippen molar-refractivity contribution in [3.63, 3.8) is 0 Å². The minimum absolute atomic E-state index is 0.197. The second kappa shape index (κ2) is 8.11. The maximum Gasteiger partial charge on any atom is 0.120 e. The number of nitrogens with zero attached hydrogens (tertiary/aromatic N) is 1. The fourth-order valence-corrected chi connectivity index (χ4v) is 2.12. The molecule has 0 aliphatic rings. The van der Waals surface area contributed by atoms with E-state index in [4.69, 9.17) is 0 Å². The van der Waals surface area contributed by atoms with Crippen LogP contribution in [0.5, 0.6) is 5.75 Å². The predicted molar refractivity (Wildman–Crippen MR) is 76.9 cm³/mol. The minimum Gasteiger partial charge on any atom is -0.508 e. The summed E-state index contributed by atoms with van der Waals surface area (Å²) in [5.74, 6) is 0.376. The number of para-hydroxylation sites is 1. The van der Waals surface area contributed by atoms with E-state index in [-0.39, 0.29) is 6.04 Å².